The van der Waals surface area contributed by atoms with E-state index < -0.39 is 5.97 Å². The van der Waals surface area contributed by atoms with Gasteiger partial charge in [-0.1, -0.05) is 24.3 Å². The first kappa shape index (κ1) is 13.1. The summed E-state index contributed by atoms with van der Waals surface area (Å²) in [5.41, 5.74) is 1.75. The van der Waals surface area contributed by atoms with Gasteiger partial charge in [0, 0.05) is 23.2 Å². The Morgan fingerprint density at radius 1 is 1.10 bits per heavy atom. The standard InChI is InChI=1S/C17H13NO3/c19-17(20)15-6-2-1-4-13(15)11-21-14-8-7-12-5-3-9-18-16(12)10-14/h1-10H,11H2,(H,19,20). The number of aromatic nitrogens is 1. The van der Waals surface area contributed by atoms with E-state index in [0.29, 0.717) is 11.3 Å². The van der Waals surface area contributed by atoms with Gasteiger partial charge in [0.15, 0.2) is 0 Å². The van der Waals surface area contributed by atoms with Crippen LogP contribution in [0.25, 0.3) is 10.9 Å². The van der Waals surface area contributed by atoms with E-state index >= 15 is 0 Å². The van der Waals surface area contributed by atoms with Gasteiger partial charge >= 0.3 is 5.97 Å². The summed E-state index contributed by atoms with van der Waals surface area (Å²) in [5.74, 6) is -0.282. The number of aromatic carboxylic acids is 1. The number of benzene rings is 2. The molecule has 104 valence electrons. The number of hydrogen-bond acceptors (Lipinski definition) is 3. The Bertz CT molecular complexity index is 799. The first-order chi connectivity index (χ1) is 10.2. The van der Waals surface area contributed by atoms with Crippen LogP contribution in [0.1, 0.15) is 15.9 Å². The van der Waals surface area contributed by atoms with E-state index in [-0.39, 0.29) is 12.2 Å². The van der Waals surface area contributed by atoms with Gasteiger partial charge in [0.1, 0.15) is 12.4 Å². The topological polar surface area (TPSA) is 59.4 Å². The molecule has 0 aliphatic carbocycles. The highest BCUT2D eigenvalue weighted by atomic mass is 16.5. The summed E-state index contributed by atoms with van der Waals surface area (Å²) in [6, 6.07) is 16.3. The number of carboxylic acids is 1. The molecule has 0 atom stereocenters. The summed E-state index contributed by atoms with van der Waals surface area (Å²) < 4.78 is 5.69. The lowest BCUT2D eigenvalue weighted by Gasteiger charge is -2.09. The zero-order valence-electron chi connectivity index (χ0n) is 11.2. The third kappa shape index (κ3) is 2.84. The Morgan fingerprint density at radius 3 is 2.81 bits per heavy atom. The van der Waals surface area contributed by atoms with Crippen LogP contribution in [0.15, 0.2) is 60.8 Å². The molecule has 0 bridgehead atoms. The van der Waals surface area contributed by atoms with Crippen molar-refractivity contribution in [2.24, 2.45) is 0 Å². The zero-order chi connectivity index (χ0) is 14.7. The highest BCUT2D eigenvalue weighted by molar-refractivity contribution is 5.89. The Labute approximate surface area is 121 Å². The first-order valence-corrected chi connectivity index (χ1v) is 6.53. The molecule has 0 aliphatic heterocycles. The predicted octanol–water partition coefficient (Wildman–Crippen LogP) is 3.51. The van der Waals surface area contributed by atoms with Gasteiger partial charge < -0.3 is 9.84 Å². The van der Waals surface area contributed by atoms with Gasteiger partial charge in [0.25, 0.3) is 0 Å². The van der Waals surface area contributed by atoms with Crippen molar-refractivity contribution in [2.45, 2.75) is 6.61 Å². The van der Waals surface area contributed by atoms with Crippen molar-refractivity contribution in [1.29, 1.82) is 0 Å². The monoisotopic (exact) mass is 279 g/mol. The van der Waals surface area contributed by atoms with E-state index in [4.69, 9.17) is 9.84 Å². The SMILES string of the molecule is O=C(O)c1ccccc1COc1ccc2cccnc2c1. The molecule has 21 heavy (non-hydrogen) atoms. The minimum atomic E-state index is -0.950. The molecule has 0 amide bonds. The fourth-order valence-corrected chi connectivity index (χ4v) is 2.15. The van der Waals surface area contributed by atoms with E-state index in [0.717, 1.165) is 10.9 Å². The van der Waals surface area contributed by atoms with Crippen LogP contribution in [0.2, 0.25) is 0 Å². The molecule has 1 N–H and O–H groups in total. The van der Waals surface area contributed by atoms with E-state index in [1.165, 1.54) is 0 Å². The lowest BCUT2D eigenvalue weighted by molar-refractivity contribution is 0.0694. The first-order valence-electron chi connectivity index (χ1n) is 6.53. The Morgan fingerprint density at radius 2 is 1.95 bits per heavy atom. The van der Waals surface area contributed by atoms with Crippen LogP contribution in [0.4, 0.5) is 0 Å². The van der Waals surface area contributed by atoms with Crippen LogP contribution >= 0.6 is 0 Å². The van der Waals surface area contributed by atoms with Gasteiger partial charge in [-0.15, -0.1) is 0 Å². The van der Waals surface area contributed by atoms with Crippen molar-refractivity contribution in [3.8, 4) is 5.75 Å². The molecule has 1 aromatic heterocycles. The van der Waals surface area contributed by atoms with Crippen molar-refractivity contribution in [1.82, 2.24) is 4.98 Å². The van der Waals surface area contributed by atoms with Crippen molar-refractivity contribution >= 4 is 16.9 Å². The summed E-state index contributed by atoms with van der Waals surface area (Å²) in [7, 11) is 0. The molecule has 0 spiro atoms. The number of carboxylic acid groups (broad SMARTS) is 1. The van der Waals surface area contributed by atoms with Gasteiger partial charge in [-0.25, -0.2) is 4.79 Å². The van der Waals surface area contributed by atoms with Crippen molar-refractivity contribution in [3.63, 3.8) is 0 Å². The van der Waals surface area contributed by atoms with Crippen LogP contribution in [0, 0.1) is 0 Å². The van der Waals surface area contributed by atoms with Crippen LogP contribution in [-0.4, -0.2) is 16.1 Å². The highest BCUT2D eigenvalue weighted by Crippen LogP contribution is 2.20. The van der Waals surface area contributed by atoms with E-state index in [2.05, 4.69) is 4.98 Å². The van der Waals surface area contributed by atoms with E-state index in [1.807, 2.05) is 30.3 Å². The summed E-state index contributed by atoms with van der Waals surface area (Å²) in [6.45, 7) is 0.209. The number of rotatable bonds is 4. The smallest absolute Gasteiger partial charge is 0.336 e. The fourth-order valence-electron chi connectivity index (χ4n) is 2.15. The second-order valence-electron chi connectivity index (χ2n) is 4.61. The van der Waals surface area contributed by atoms with E-state index in [9.17, 15) is 4.79 Å². The molecule has 4 heteroatoms. The average molecular weight is 279 g/mol. The molecule has 0 fully saturated rings. The number of carbonyl (C=O) groups is 1. The molecule has 3 rings (SSSR count). The Kier molecular flexibility index (Phi) is 3.51. The van der Waals surface area contributed by atoms with Crippen LogP contribution in [0.5, 0.6) is 5.75 Å². The normalized spacial score (nSPS) is 10.5. The Hall–Kier alpha value is -2.88. The maximum Gasteiger partial charge on any atom is 0.336 e. The molecule has 0 saturated heterocycles. The Balaban J connectivity index is 1.82. The third-order valence-corrected chi connectivity index (χ3v) is 3.22. The third-order valence-electron chi connectivity index (χ3n) is 3.22. The molecular formula is C17H13NO3. The fraction of sp³-hybridized carbons (Fsp3) is 0.0588. The molecule has 0 saturated carbocycles. The maximum absolute atomic E-state index is 11.1. The van der Waals surface area contributed by atoms with Gasteiger partial charge in [-0.05, 0) is 24.3 Å². The van der Waals surface area contributed by atoms with Crippen molar-refractivity contribution < 1.29 is 14.6 Å². The highest BCUT2D eigenvalue weighted by Gasteiger charge is 2.09. The quantitative estimate of drug-likeness (QED) is 0.794. The minimum Gasteiger partial charge on any atom is -0.489 e. The van der Waals surface area contributed by atoms with Crippen LogP contribution in [0.3, 0.4) is 0 Å². The minimum absolute atomic E-state index is 0.209. The van der Waals surface area contributed by atoms with E-state index in [1.54, 1.807) is 30.5 Å². The second-order valence-corrected chi connectivity index (χ2v) is 4.61. The lowest BCUT2D eigenvalue weighted by atomic mass is 10.1. The zero-order valence-corrected chi connectivity index (χ0v) is 11.2. The maximum atomic E-state index is 11.1. The summed E-state index contributed by atoms with van der Waals surface area (Å²) >= 11 is 0. The predicted molar refractivity (Wildman–Crippen MR) is 79.5 cm³/mol. The molecule has 0 aliphatic rings. The summed E-state index contributed by atoms with van der Waals surface area (Å²) in [5, 5.41) is 10.2. The molecule has 0 unspecified atom stereocenters. The average Bonchev–Trinajstić information content (AvgIpc) is 2.53. The lowest BCUT2D eigenvalue weighted by Crippen LogP contribution is -2.05. The van der Waals surface area contributed by atoms with Gasteiger partial charge in [-0.2, -0.15) is 0 Å². The second kappa shape index (κ2) is 5.63. The molecule has 2 aromatic carbocycles. The molecular weight excluding hydrogens is 266 g/mol. The number of pyridine rings is 1. The van der Waals surface area contributed by atoms with Gasteiger partial charge in [0.05, 0.1) is 11.1 Å². The van der Waals surface area contributed by atoms with Gasteiger partial charge in [0.2, 0.25) is 0 Å². The molecule has 4 nitrogen and oxygen atoms in total. The number of ether oxygens (including phenoxy) is 1. The molecule has 3 aromatic rings. The van der Waals surface area contributed by atoms with Crippen LogP contribution in [-0.2, 0) is 6.61 Å². The van der Waals surface area contributed by atoms with Crippen molar-refractivity contribution in [3.05, 3.63) is 71.9 Å². The summed E-state index contributed by atoms with van der Waals surface area (Å²) in [6.07, 6.45) is 1.73. The summed E-state index contributed by atoms with van der Waals surface area (Å²) in [4.78, 5) is 15.4. The number of hydrogen-bond donors (Lipinski definition) is 1. The van der Waals surface area contributed by atoms with Gasteiger partial charge in [-0.3, -0.25) is 4.98 Å². The molecule has 1 heterocycles. The molecule has 0 radical (unpaired) electrons. The van der Waals surface area contributed by atoms with Crippen LogP contribution < -0.4 is 4.74 Å². The number of nitrogens with zero attached hydrogens (tertiary/aromatic N) is 1. The largest absolute Gasteiger partial charge is 0.489 e. The number of fused-ring (bicyclic) bond motifs is 1. The van der Waals surface area contributed by atoms with Crippen molar-refractivity contribution in [2.75, 3.05) is 0 Å².